The van der Waals surface area contributed by atoms with E-state index in [2.05, 4.69) is 35.9 Å². The second-order valence-corrected chi connectivity index (χ2v) is 35.1. The van der Waals surface area contributed by atoms with Crippen molar-refractivity contribution in [1.82, 2.24) is 45.0 Å². The van der Waals surface area contributed by atoms with Crippen LogP contribution in [0.15, 0.2) is 192 Å². The Morgan fingerprint density at radius 2 is 0.847 bits per heavy atom. The van der Waals surface area contributed by atoms with Gasteiger partial charge in [0, 0.05) is 150 Å². The molecule has 0 radical (unpaired) electrons. The zero-order chi connectivity index (χ0) is 107. The van der Waals surface area contributed by atoms with Crippen LogP contribution >= 0.6 is 0 Å². The van der Waals surface area contributed by atoms with Crippen LogP contribution in [-0.4, -0.2) is 201 Å². The molecule has 7 atom stereocenters. The summed E-state index contributed by atoms with van der Waals surface area (Å²) in [5.74, 6) is -14.7. The van der Waals surface area contributed by atoms with Crippen molar-refractivity contribution in [3.63, 3.8) is 0 Å². The number of nitrogens with zero attached hydrogens (tertiary/aromatic N) is 9. The summed E-state index contributed by atoms with van der Waals surface area (Å²) in [5.41, 5.74) is -0.592. The van der Waals surface area contributed by atoms with Crippen LogP contribution in [0.25, 0.3) is 88.0 Å². The average molecular weight is 2100 g/mol. The van der Waals surface area contributed by atoms with Gasteiger partial charge in [-0.15, -0.1) is 0 Å². The Morgan fingerprint density at radius 3 is 1.26 bits per heavy atom. The van der Waals surface area contributed by atoms with Gasteiger partial charge >= 0.3 is 36.4 Å². The van der Waals surface area contributed by atoms with Gasteiger partial charge in [-0.25, -0.2) is 50.1 Å². The van der Waals surface area contributed by atoms with Crippen LogP contribution in [0, 0.1) is 54.6 Å². The predicted octanol–water partition coefficient (Wildman–Crippen LogP) is 18.4. The first-order valence-corrected chi connectivity index (χ1v) is 45.8. The Morgan fingerprint density at radius 1 is 0.453 bits per heavy atom. The van der Waals surface area contributed by atoms with Crippen LogP contribution in [0.3, 0.4) is 0 Å². The molecular formula is C107H100F16N12O15. The highest BCUT2D eigenvalue weighted by molar-refractivity contribution is 6.05. The number of alkyl halides is 9. The fourth-order valence-corrected chi connectivity index (χ4v) is 18.4. The molecule has 3 saturated heterocycles. The molecule has 790 valence electrons. The monoisotopic (exact) mass is 2100 g/mol. The molecule has 9 heterocycles. The zero-order valence-electron chi connectivity index (χ0n) is 80.3. The molecular weight excluding hydrogens is 2000 g/mol. The Balaban J connectivity index is 0.000000186. The normalized spacial score (nSPS) is 16.0. The number of nitrogens with one attached hydrogen (secondary N) is 3. The molecule has 3 aliphatic heterocycles. The molecule has 3 fully saturated rings. The number of fused-ring (bicyclic) bond motifs is 5. The van der Waals surface area contributed by atoms with Crippen LogP contribution in [0.1, 0.15) is 93.3 Å². The molecule has 3 amide bonds. The number of anilines is 3. The van der Waals surface area contributed by atoms with Crippen molar-refractivity contribution in [2.24, 2.45) is 14.1 Å². The molecule has 8 aromatic carbocycles. The van der Waals surface area contributed by atoms with E-state index in [1.807, 2.05) is 39.0 Å². The first kappa shape index (κ1) is 112. The van der Waals surface area contributed by atoms with Crippen molar-refractivity contribution in [3.05, 3.63) is 294 Å². The molecule has 14 aromatic rings. The van der Waals surface area contributed by atoms with Gasteiger partial charge in [0.2, 0.25) is 0 Å². The molecule has 0 bridgehead atoms. The Bertz CT molecular complexity index is 7610. The van der Waals surface area contributed by atoms with Gasteiger partial charge < -0.3 is 72.9 Å². The van der Waals surface area contributed by atoms with E-state index < -0.39 is 183 Å². The second kappa shape index (κ2) is 46.0. The summed E-state index contributed by atoms with van der Waals surface area (Å²) in [5, 5.41) is 9.80. The smallest absolute Gasteiger partial charge is 0.417 e. The van der Waals surface area contributed by atoms with E-state index in [1.165, 1.54) is 74.4 Å². The van der Waals surface area contributed by atoms with E-state index in [0.29, 0.717) is 115 Å². The van der Waals surface area contributed by atoms with Crippen molar-refractivity contribution < 1.29 is 132 Å². The van der Waals surface area contributed by atoms with Crippen LogP contribution in [0.5, 0.6) is 5.75 Å². The van der Waals surface area contributed by atoms with Crippen LogP contribution in [-0.2, 0) is 82.3 Å². The summed E-state index contributed by atoms with van der Waals surface area (Å²) in [6.45, 7) is 5.45. The number of carbonyl (C=O) groups is 6. The molecule has 43 heteroatoms. The molecule has 6 aromatic heterocycles. The maximum absolute atomic E-state index is 15.3. The van der Waals surface area contributed by atoms with E-state index in [0.717, 1.165) is 64.8 Å². The maximum atomic E-state index is 15.3. The number of aryl methyl sites for hydroxylation is 3. The third-order valence-electron chi connectivity index (χ3n) is 25.8. The molecule has 150 heavy (non-hydrogen) atoms. The summed E-state index contributed by atoms with van der Waals surface area (Å²) in [4.78, 5) is 127. The highest BCUT2D eigenvalue weighted by Gasteiger charge is 2.48. The van der Waals surface area contributed by atoms with Crippen molar-refractivity contribution >= 4 is 107 Å². The highest BCUT2D eigenvalue weighted by Crippen LogP contribution is 2.44. The standard InChI is InChI=1S/C36H31F5N4O6.C35H28F6N4O4.C34H33F5N4O5.2CH4/c1-44-27-9-5-4-7-22(27)32(49-2)29(34(44)47)23-11-10-19(21-8-6-12-42-31(21)23)15-26(35(48)50-3)43-33(46)30-24(37)16-20(17-25(30)38)45-13-14-51-18-28(45)36(39,40)41;1-18-12-27(43-28-14-20(36)6-8-22(18)28)24-7-5-19(23-4-3-9-42-32(23)24)13-29(34(47)48-2)44-33(46)31-25(37)15-21(16-26(31)38)45-10-11-49-17-30(45)35(39,40)41;1-17-11-24(34(37,38)39)28(32(45)42(17)4)23-9-8-20(22-7-6-10-40-30(22)23)12-27(33(46)47-5)41-31(44)29-25(35)13-21(14-26(29)36)43-15-19(3)48-16-18(43)2;;/h4-12,16-17,26,28H,13-15,18H2,1-3H3,(H,43,46);3-9,12,14-16,29-30H,10-11,13,17H2,1-2H3,(H,44,46);6-11,13-14,18-19,27H,12,15-16H2,1-5H3,(H,41,44);2*1H4/t26-,28-;29-,30+;18-,19-,27-;;/m000../s1. The number of morpholine rings is 3. The summed E-state index contributed by atoms with van der Waals surface area (Å²) in [6.07, 6.45) is -10.8. The van der Waals surface area contributed by atoms with Gasteiger partial charge in [0.15, 0.2) is 0 Å². The molecule has 0 spiro atoms. The summed E-state index contributed by atoms with van der Waals surface area (Å²) in [6, 6.07) is 29.3. The number of methoxy groups -OCH3 is 4. The Labute approximate surface area is 846 Å². The summed E-state index contributed by atoms with van der Waals surface area (Å²) < 4.78 is 268. The van der Waals surface area contributed by atoms with Gasteiger partial charge in [-0.2, -0.15) is 39.5 Å². The van der Waals surface area contributed by atoms with Crippen LogP contribution in [0.2, 0.25) is 0 Å². The quantitative estimate of drug-likeness (QED) is 0.0322. The molecule has 3 aliphatic rings. The number of halogens is 16. The number of amides is 3. The van der Waals surface area contributed by atoms with E-state index in [9.17, 15) is 82.3 Å². The number of benzene rings is 8. The largest absolute Gasteiger partial charge is 0.495 e. The number of pyridine rings is 6. The van der Waals surface area contributed by atoms with Gasteiger partial charge in [-0.05, 0) is 141 Å². The van der Waals surface area contributed by atoms with Crippen LogP contribution in [0.4, 0.5) is 87.3 Å². The van der Waals surface area contributed by atoms with Crippen molar-refractivity contribution in [3.8, 4) is 39.3 Å². The zero-order valence-corrected chi connectivity index (χ0v) is 80.3. The lowest BCUT2D eigenvalue weighted by molar-refractivity contribution is -0.167. The lowest BCUT2D eigenvalue weighted by Gasteiger charge is -2.38. The number of esters is 3. The number of hydrogen-bond donors (Lipinski definition) is 3. The number of ether oxygens (including phenoxy) is 7. The van der Waals surface area contributed by atoms with Crippen molar-refractivity contribution in [1.29, 1.82) is 0 Å². The lowest BCUT2D eigenvalue weighted by atomic mass is 9.93. The Hall–Kier alpha value is -15.7. The molecule has 0 aliphatic carbocycles. The van der Waals surface area contributed by atoms with Gasteiger partial charge in [-0.1, -0.05) is 81.6 Å². The number of para-hydroxylation sites is 1. The molecule has 27 nitrogen and oxygen atoms in total. The topological polar surface area (TPSA) is 308 Å². The third-order valence-corrected chi connectivity index (χ3v) is 25.8. The number of hydrogen-bond acceptors (Lipinski definition) is 22. The van der Waals surface area contributed by atoms with Gasteiger partial charge in [0.25, 0.3) is 28.8 Å². The fourth-order valence-electron chi connectivity index (χ4n) is 18.4. The number of aromatic nitrogens is 6. The minimum Gasteiger partial charge on any atom is -0.495 e. The number of carbonyl (C=O) groups excluding carboxylic acids is 6. The highest BCUT2D eigenvalue weighted by atomic mass is 19.4. The van der Waals surface area contributed by atoms with E-state index in [1.54, 1.807) is 84.9 Å². The van der Waals surface area contributed by atoms with E-state index in [-0.39, 0.29) is 112 Å². The number of rotatable bonds is 22. The minimum absolute atomic E-state index is 0. The van der Waals surface area contributed by atoms with Gasteiger partial charge in [0.05, 0.1) is 118 Å². The lowest BCUT2D eigenvalue weighted by Crippen LogP contribution is -2.53. The van der Waals surface area contributed by atoms with Gasteiger partial charge in [-0.3, -0.25) is 38.9 Å². The summed E-state index contributed by atoms with van der Waals surface area (Å²) >= 11 is 0. The second-order valence-electron chi connectivity index (χ2n) is 35.1. The fraction of sp³-hybridized carbons (Fsp3) is 0.308. The average Bonchev–Trinajstić information content (AvgIpc) is 0.746. The molecule has 0 unspecified atom stereocenters. The predicted molar refractivity (Wildman–Crippen MR) is 528 cm³/mol. The molecule has 17 rings (SSSR count). The van der Waals surface area contributed by atoms with E-state index in [4.69, 9.17) is 33.2 Å². The van der Waals surface area contributed by atoms with Crippen molar-refractivity contribution in [2.75, 3.05) is 95.8 Å². The summed E-state index contributed by atoms with van der Waals surface area (Å²) in [7, 11) is 7.67. The molecule has 3 N–H and O–H groups in total. The minimum atomic E-state index is -4.85. The SMILES string of the molecule is C.C.COC(=O)[C@H](Cc1ccc(-c2c(C(F)(F)F)cc(C)n(C)c2=O)c2ncccc12)NC(=O)c1c(F)cc(N2C[C@H](C)OC[C@@H]2C)cc1F.COC(=O)[C@H](Cc1ccc(-c2c(OC)c3ccccc3n(C)c2=O)c2ncccc12)NC(=O)c1c(F)cc(N2CCOC[C@H]2C(F)(F)F)cc1F.COC(=O)[C@H](Cc1ccc(-c2cc(C)c3ccc(F)cc3n2)c2ncccc12)NC(=O)c1c(F)cc(N2CCOC[C@@H]2C(F)(F)F)cc1F. The first-order valence-electron chi connectivity index (χ1n) is 45.8. The first-order chi connectivity index (χ1) is 70.3. The third kappa shape index (κ3) is 23.3. The van der Waals surface area contributed by atoms with E-state index >= 15 is 26.3 Å². The maximum Gasteiger partial charge on any atom is 0.417 e. The van der Waals surface area contributed by atoms with Crippen LogP contribution < -0.4 is 46.5 Å². The van der Waals surface area contributed by atoms with Crippen molar-refractivity contribution in [2.45, 2.75) is 123 Å². The van der Waals surface area contributed by atoms with Gasteiger partial charge in [0.1, 0.15) is 93.4 Å². The Kier molecular flexibility index (Phi) is 34.2. The molecule has 0 saturated carbocycles.